The van der Waals surface area contributed by atoms with Crippen LogP contribution in [-0.2, 0) is 12.0 Å². The molecule has 0 aliphatic carbocycles. The Hall–Kier alpha value is -4.04. The van der Waals surface area contributed by atoms with E-state index in [9.17, 15) is 18.0 Å². The van der Waals surface area contributed by atoms with Crippen LogP contribution in [0.25, 0.3) is 0 Å². The van der Waals surface area contributed by atoms with Crippen LogP contribution in [-0.4, -0.2) is 17.6 Å². The number of carbonyl (C=O) groups is 1. The second-order valence-corrected chi connectivity index (χ2v) is 8.36. The Morgan fingerprint density at radius 3 is 2.44 bits per heavy atom. The Morgan fingerprint density at radius 1 is 0.972 bits per heavy atom. The van der Waals surface area contributed by atoms with Crippen molar-refractivity contribution >= 4 is 23.3 Å². The highest BCUT2D eigenvalue weighted by Crippen LogP contribution is 2.35. The summed E-state index contributed by atoms with van der Waals surface area (Å²) >= 11 is 6.08. The second-order valence-electron chi connectivity index (χ2n) is 7.93. The molecule has 3 aromatic carbocycles. The lowest BCUT2D eigenvalue weighted by Gasteiger charge is -2.35. The van der Waals surface area contributed by atoms with Crippen LogP contribution < -0.4 is 15.4 Å². The predicted octanol–water partition coefficient (Wildman–Crippen LogP) is 6.78. The van der Waals surface area contributed by atoms with Gasteiger partial charge in [-0.25, -0.2) is 9.18 Å². The monoisotopic (exact) mass is 511 g/mol. The number of anilines is 1. The summed E-state index contributed by atoms with van der Waals surface area (Å²) in [5, 5.41) is 5.97. The molecule has 1 unspecified atom stereocenters. The van der Waals surface area contributed by atoms with Gasteiger partial charge in [0, 0.05) is 18.3 Å². The molecule has 36 heavy (non-hydrogen) atoms. The molecule has 0 radical (unpaired) electrons. The summed E-state index contributed by atoms with van der Waals surface area (Å²) in [7, 11) is 0. The molecular weight excluding hydrogens is 491 g/mol. The van der Waals surface area contributed by atoms with Crippen LogP contribution in [0.1, 0.15) is 16.8 Å². The lowest BCUT2D eigenvalue weighted by atomic mass is 9.80. The van der Waals surface area contributed by atoms with Crippen molar-refractivity contribution in [2.45, 2.75) is 18.6 Å². The van der Waals surface area contributed by atoms with Gasteiger partial charge in [-0.1, -0.05) is 60.1 Å². The molecule has 1 atom stereocenters. The number of hydrogen-bond donors (Lipinski definition) is 2. The van der Waals surface area contributed by atoms with E-state index in [4.69, 9.17) is 11.6 Å². The van der Waals surface area contributed by atoms with Crippen LogP contribution in [0.15, 0.2) is 97.2 Å². The van der Waals surface area contributed by atoms with Crippen LogP contribution in [0.5, 0.6) is 5.75 Å². The zero-order chi connectivity index (χ0) is 25.5. The molecule has 2 N–H and O–H groups in total. The highest BCUT2D eigenvalue weighted by atomic mass is 35.5. The van der Waals surface area contributed by atoms with E-state index in [1.54, 1.807) is 30.3 Å². The van der Waals surface area contributed by atoms with Crippen molar-refractivity contribution in [1.82, 2.24) is 10.3 Å². The maximum absolute atomic E-state index is 13.7. The Bertz CT molecular complexity index is 1320. The van der Waals surface area contributed by atoms with Crippen molar-refractivity contribution < 1.29 is 22.7 Å². The number of halogens is 4. The number of aromatic nitrogens is 1. The van der Waals surface area contributed by atoms with E-state index in [1.165, 1.54) is 36.5 Å². The number of nitrogens with zero attached hydrogens (tertiary/aromatic N) is 1. The number of nitrogens with one attached hydrogen (secondary N) is 2. The molecule has 1 heterocycles. The molecule has 4 aromatic rings. The number of rotatable bonds is 8. The summed E-state index contributed by atoms with van der Waals surface area (Å²) in [6.07, 6.45) is 1.64. The molecule has 0 aliphatic heterocycles. The average Bonchev–Trinajstić information content (AvgIpc) is 2.84. The molecular formula is C27H21ClF3N3O2. The quantitative estimate of drug-likeness (QED) is 0.274. The van der Waals surface area contributed by atoms with Crippen LogP contribution in [0.2, 0.25) is 5.02 Å². The standard InChI is InChI=1S/C27H21ClF3N3O2/c28-20-12-13-24(32-17-20)27(16-18-6-2-1-3-7-18,19-8-4-11-23(14-19)36-25(30)31)34-26(35)33-22-10-5-9-21(29)15-22/h1-15,17,25H,16H2,(H2,33,34,35). The highest BCUT2D eigenvalue weighted by Gasteiger charge is 2.38. The fraction of sp³-hybridized carbons (Fsp3) is 0.111. The van der Waals surface area contributed by atoms with Gasteiger partial charge in [-0.15, -0.1) is 0 Å². The fourth-order valence-corrected chi connectivity index (χ4v) is 4.02. The minimum absolute atomic E-state index is 0.0822. The largest absolute Gasteiger partial charge is 0.435 e. The molecule has 2 amide bonds. The minimum Gasteiger partial charge on any atom is -0.435 e. The number of benzene rings is 3. The number of pyridine rings is 1. The minimum atomic E-state index is -3.03. The summed E-state index contributed by atoms with van der Waals surface area (Å²) in [6, 6.07) is 23.4. The molecule has 0 saturated carbocycles. The van der Waals surface area contributed by atoms with E-state index in [0.29, 0.717) is 16.3 Å². The molecule has 0 bridgehead atoms. The molecule has 5 nitrogen and oxygen atoms in total. The van der Waals surface area contributed by atoms with Crippen LogP contribution in [0.4, 0.5) is 23.7 Å². The Labute approximate surface area is 210 Å². The van der Waals surface area contributed by atoms with E-state index >= 15 is 0 Å². The number of carbonyl (C=O) groups excluding carboxylic acids is 1. The van der Waals surface area contributed by atoms with E-state index < -0.39 is 24.0 Å². The third kappa shape index (κ3) is 6.14. The zero-order valence-corrected chi connectivity index (χ0v) is 19.6. The van der Waals surface area contributed by atoms with Crippen molar-refractivity contribution in [2.24, 2.45) is 0 Å². The van der Waals surface area contributed by atoms with Crippen LogP contribution in [0, 0.1) is 5.82 Å². The van der Waals surface area contributed by atoms with Crippen molar-refractivity contribution in [3.63, 3.8) is 0 Å². The van der Waals surface area contributed by atoms with Crippen LogP contribution in [0.3, 0.4) is 0 Å². The fourth-order valence-electron chi connectivity index (χ4n) is 3.91. The molecule has 0 aliphatic rings. The summed E-state index contributed by atoms with van der Waals surface area (Å²) in [4.78, 5) is 17.7. The Kier molecular flexibility index (Phi) is 7.75. The molecule has 0 spiro atoms. The number of ether oxygens (including phenoxy) is 1. The lowest BCUT2D eigenvalue weighted by molar-refractivity contribution is -0.0499. The Balaban J connectivity index is 1.84. The Morgan fingerprint density at radius 2 is 1.75 bits per heavy atom. The number of urea groups is 1. The van der Waals surface area contributed by atoms with Gasteiger partial charge in [0.1, 0.15) is 17.1 Å². The van der Waals surface area contributed by atoms with Crippen molar-refractivity contribution in [3.8, 4) is 5.75 Å². The van der Waals surface area contributed by atoms with Gasteiger partial charge in [-0.2, -0.15) is 8.78 Å². The maximum atomic E-state index is 13.7. The number of alkyl halides is 2. The summed E-state index contributed by atoms with van der Waals surface area (Å²) in [5.74, 6) is -0.596. The first-order valence-electron chi connectivity index (χ1n) is 10.9. The van der Waals surface area contributed by atoms with E-state index in [-0.39, 0.29) is 17.9 Å². The molecule has 9 heteroatoms. The van der Waals surface area contributed by atoms with Gasteiger partial charge < -0.3 is 15.4 Å². The summed E-state index contributed by atoms with van der Waals surface area (Å²) in [5.41, 5.74) is 0.568. The zero-order valence-electron chi connectivity index (χ0n) is 18.8. The molecule has 184 valence electrons. The first kappa shape index (κ1) is 25.1. The third-order valence-electron chi connectivity index (χ3n) is 5.44. The second kappa shape index (κ2) is 11.1. The molecule has 4 rings (SSSR count). The van der Waals surface area contributed by atoms with Gasteiger partial charge in [-0.3, -0.25) is 4.98 Å². The maximum Gasteiger partial charge on any atom is 0.387 e. The van der Waals surface area contributed by atoms with Crippen molar-refractivity contribution in [1.29, 1.82) is 0 Å². The van der Waals surface area contributed by atoms with Gasteiger partial charge in [0.15, 0.2) is 0 Å². The first-order chi connectivity index (χ1) is 17.3. The lowest BCUT2D eigenvalue weighted by Crippen LogP contribution is -2.50. The van der Waals surface area contributed by atoms with Gasteiger partial charge in [0.2, 0.25) is 0 Å². The van der Waals surface area contributed by atoms with E-state index in [0.717, 1.165) is 5.56 Å². The number of amides is 2. The predicted molar refractivity (Wildman–Crippen MR) is 132 cm³/mol. The number of hydrogen-bond acceptors (Lipinski definition) is 3. The average molecular weight is 512 g/mol. The van der Waals surface area contributed by atoms with Gasteiger partial charge >= 0.3 is 12.6 Å². The van der Waals surface area contributed by atoms with Crippen molar-refractivity contribution in [2.75, 3.05) is 5.32 Å². The topological polar surface area (TPSA) is 63.2 Å². The smallest absolute Gasteiger partial charge is 0.387 e. The van der Waals surface area contributed by atoms with Gasteiger partial charge in [-0.05, 0) is 53.6 Å². The van der Waals surface area contributed by atoms with Crippen molar-refractivity contribution in [3.05, 3.63) is 125 Å². The van der Waals surface area contributed by atoms with E-state index in [1.807, 2.05) is 30.3 Å². The molecule has 1 aromatic heterocycles. The van der Waals surface area contributed by atoms with Gasteiger partial charge in [0.05, 0.1) is 10.7 Å². The summed E-state index contributed by atoms with van der Waals surface area (Å²) < 4.78 is 44.3. The molecule has 0 fully saturated rings. The van der Waals surface area contributed by atoms with Crippen LogP contribution >= 0.6 is 11.6 Å². The van der Waals surface area contributed by atoms with E-state index in [2.05, 4.69) is 20.4 Å². The third-order valence-corrected chi connectivity index (χ3v) is 5.66. The normalized spacial score (nSPS) is 12.6. The summed E-state index contributed by atoms with van der Waals surface area (Å²) in [6.45, 7) is -3.03. The molecule has 0 saturated heterocycles. The first-order valence-corrected chi connectivity index (χ1v) is 11.3. The highest BCUT2D eigenvalue weighted by molar-refractivity contribution is 6.30. The van der Waals surface area contributed by atoms with Gasteiger partial charge in [0.25, 0.3) is 0 Å². The SMILES string of the molecule is O=C(Nc1cccc(F)c1)NC(Cc1ccccc1)(c1cccc(OC(F)F)c1)c1ccc(Cl)cn1.